The molecule has 0 radical (unpaired) electrons. The zero-order valence-corrected chi connectivity index (χ0v) is 19.8. The van der Waals surface area contributed by atoms with E-state index in [2.05, 4.69) is 10.3 Å². The number of aromatic nitrogens is 2. The van der Waals surface area contributed by atoms with Gasteiger partial charge in [-0.25, -0.2) is 4.79 Å². The Morgan fingerprint density at radius 2 is 1.76 bits per heavy atom. The lowest BCUT2D eigenvalue weighted by Gasteiger charge is -2.18. The summed E-state index contributed by atoms with van der Waals surface area (Å²) in [4.78, 5) is 30.2. The highest BCUT2D eigenvalue weighted by Crippen LogP contribution is 2.30. The Balaban J connectivity index is 1.64. The minimum Gasteiger partial charge on any atom is -0.493 e. The third-order valence-electron chi connectivity index (χ3n) is 5.58. The van der Waals surface area contributed by atoms with Gasteiger partial charge in [-0.15, -0.1) is 0 Å². The molecule has 4 aromatic rings. The van der Waals surface area contributed by atoms with Gasteiger partial charge in [-0.2, -0.15) is 4.98 Å². The molecule has 0 bridgehead atoms. The van der Waals surface area contributed by atoms with Gasteiger partial charge >= 0.3 is 5.69 Å². The SMILES string of the molecule is COc1ccc(C(C)NC(=O)Cn2c(=O)nc(-c3ccccc3)c3cc(Cl)ccc32)cc1OC. The Hall–Kier alpha value is -3.84. The second-order valence-electron chi connectivity index (χ2n) is 7.76. The maximum atomic E-state index is 13.0. The first-order chi connectivity index (χ1) is 16.4. The Bertz CT molecular complexity index is 1400. The van der Waals surface area contributed by atoms with E-state index in [4.69, 9.17) is 21.1 Å². The largest absolute Gasteiger partial charge is 0.493 e. The van der Waals surface area contributed by atoms with Crippen molar-refractivity contribution in [1.29, 1.82) is 0 Å². The Morgan fingerprint density at radius 3 is 2.47 bits per heavy atom. The summed E-state index contributed by atoms with van der Waals surface area (Å²) in [6, 6.07) is 19.7. The van der Waals surface area contributed by atoms with Gasteiger partial charge in [0, 0.05) is 16.0 Å². The molecule has 0 aliphatic carbocycles. The van der Waals surface area contributed by atoms with Gasteiger partial charge in [-0.3, -0.25) is 9.36 Å². The number of hydrogen-bond acceptors (Lipinski definition) is 5. The predicted molar refractivity (Wildman–Crippen MR) is 133 cm³/mol. The number of amides is 1. The predicted octanol–water partition coefficient (Wildman–Crippen LogP) is 4.61. The van der Waals surface area contributed by atoms with Gasteiger partial charge in [0.25, 0.3) is 0 Å². The minimum atomic E-state index is -0.511. The molecule has 0 aliphatic heterocycles. The summed E-state index contributed by atoms with van der Waals surface area (Å²) in [7, 11) is 3.12. The normalized spacial score (nSPS) is 11.8. The molecule has 8 heteroatoms. The molecule has 0 saturated heterocycles. The molecule has 0 aliphatic rings. The standard InChI is InChI=1S/C26H24ClN3O4/c1-16(18-9-12-22(33-2)23(13-18)34-3)28-24(31)15-30-21-11-10-19(27)14-20(21)25(29-26(30)32)17-7-5-4-6-8-17/h4-14,16H,15H2,1-3H3,(H,28,31). The van der Waals surface area contributed by atoms with Crippen LogP contribution in [0.2, 0.25) is 5.02 Å². The summed E-state index contributed by atoms with van der Waals surface area (Å²) in [6.07, 6.45) is 0. The molecule has 1 heterocycles. The lowest BCUT2D eigenvalue weighted by molar-refractivity contribution is -0.122. The molecular weight excluding hydrogens is 454 g/mol. The number of fused-ring (bicyclic) bond motifs is 1. The number of hydrogen-bond donors (Lipinski definition) is 1. The van der Waals surface area contributed by atoms with Crippen LogP contribution < -0.4 is 20.5 Å². The molecule has 0 fully saturated rings. The van der Waals surface area contributed by atoms with E-state index in [0.29, 0.717) is 33.1 Å². The monoisotopic (exact) mass is 477 g/mol. The summed E-state index contributed by atoms with van der Waals surface area (Å²) in [5.41, 5.74) is 2.23. The first-order valence-electron chi connectivity index (χ1n) is 10.7. The minimum absolute atomic E-state index is 0.184. The van der Waals surface area contributed by atoms with Crippen molar-refractivity contribution in [2.45, 2.75) is 19.5 Å². The van der Waals surface area contributed by atoms with E-state index in [-0.39, 0.29) is 18.5 Å². The number of ether oxygens (including phenoxy) is 2. The topological polar surface area (TPSA) is 82.5 Å². The van der Waals surface area contributed by atoms with Gasteiger partial charge in [0.05, 0.1) is 31.5 Å². The van der Waals surface area contributed by atoms with Crippen molar-refractivity contribution in [3.8, 4) is 22.8 Å². The molecule has 3 aromatic carbocycles. The van der Waals surface area contributed by atoms with Crippen LogP contribution >= 0.6 is 11.6 Å². The van der Waals surface area contributed by atoms with E-state index in [0.717, 1.165) is 11.1 Å². The van der Waals surface area contributed by atoms with Crippen LogP contribution in [0.15, 0.2) is 71.5 Å². The third kappa shape index (κ3) is 4.75. The van der Waals surface area contributed by atoms with E-state index in [9.17, 15) is 9.59 Å². The highest BCUT2D eigenvalue weighted by atomic mass is 35.5. The lowest BCUT2D eigenvalue weighted by atomic mass is 10.1. The van der Waals surface area contributed by atoms with Gasteiger partial charge in [0.1, 0.15) is 6.54 Å². The van der Waals surface area contributed by atoms with E-state index >= 15 is 0 Å². The number of nitrogens with one attached hydrogen (secondary N) is 1. The highest BCUT2D eigenvalue weighted by Gasteiger charge is 2.17. The number of benzene rings is 3. The fraction of sp³-hybridized carbons (Fsp3) is 0.192. The summed E-state index contributed by atoms with van der Waals surface area (Å²) >= 11 is 6.25. The molecule has 1 aromatic heterocycles. The maximum absolute atomic E-state index is 13.0. The molecule has 4 rings (SSSR count). The zero-order valence-electron chi connectivity index (χ0n) is 19.0. The molecule has 34 heavy (non-hydrogen) atoms. The molecular formula is C26H24ClN3O4. The van der Waals surface area contributed by atoms with E-state index in [1.807, 2.05) is 49.4 Å². The van der Waals surface area contributed by atoms with Gasteiger partial charge in [0.15, 0.2) is 11.5 Å². The Kier molecular flexibility index (Phi) is 6.84. The van der Waals surface area contributed by atoms with Crippen LogP contribution in [-0.4, -0.2) is 29.7 Å². The van der Waals surface area contributed by atoms with Crippen LogP contribution in [0.5, 0.6) is 11.5 Å². The summed E-state index contributed by atoms with van der Waals surface area (Å²) in [5.74, 6) is 0.849. The summed E-state index contributed by atoms with van der Waals surface area (Å²) < 4.78 is 12.0. The van der Waals surface area contributed by atoms with Gasteiger partial charge in [-0.05, 0) is 42.8 Å². The molecule has 1 unspecified atom stereocenters. The Labute approximate surface area is 201 Å². The van der Waals surface area contributed by atoms with Crippen LogP contribution in [0.1, 0.15) is 18.5 Å². The van der Waals surface area contributed by atoms with Crippen molar-refractivity contribution >= 4 is 28.4 Å². The number of halogens is 1. The first-order valence-corrected chi connectivity index (χ1v) is 11.1. The fourth-order valence-corrected chi connectivity index (χ4v) is 4.03. The summed E-state index contributed by atoms with van der Waals surface area (Å²) in [5, 5.41) is 4.14. The Morgan fingerprint density at radius 1 is 1.03 bits per heavy atom. The molecule has 0 spiro atoms. The van der Waals surface area contributed by atoms with Crippen molar-refractivity contribution in [3.05, 3.63) is 87.8 Å². The zero-order chi connectivity index (χ0) is 24.2. The lowest BCUT2D eigenvalue weighted by Crippen LogP contribution is -2.35. The van der Waals surface area contributed by atoms with Crippen LogP contribution in [0, 0.1) is 0 Å². The highest BCUT2D eigenvalue weighted by molar-refractivity contribution is 6.31. The number of carbonyl (C=O) groups is 1. The molecule has 174 valence electrons. The van der Waals surface area contributed by atoms with Crippen molar-refractivity contribution in [3.63, 3.8) is 0 Å². The molecule has 0 saturated carbocycles. The van der Waals surface area contributed by atoms with Crippen LogP contribution in [0.3, 0.4) is 0 Å². The van der Waals surface area contributed by atoms with Crippen LogP contribution in [0.25, 0.3) is 22.2 Å². The van der Waals surface area contributed by atoms with Crippen molar-refractivity contribution in [2.75, 3.05) is 14.2 Å². The van der Waals surface area contributed by atoms with Gasteiger partial charge in [0.2, 0.25) is 5.91 Å². The van der Waals surface area contributed by atoms with E-state index < -0.39 is 5.69 Å². The summed E-state index contributed by atoms with van der Waals surface area (Å²) in [6.45, 7) is 1.67. The van der Waals surface area contributed by atoms with Crippen molar-refractivity contribution in [1.82, 2.24) is 14.9 Å². The average Bonchev–Trinajstić information content (AvgIpc) is 2.85. The average molecular weight is 478 g/mol. The third-order valence-corrected chi connectivity index (χ3v) is 5.81. The fourth-order valence-electron chi connectivity index (χ4n) is 3.86. The van der Waals surface area contributed by atoms with Crippen LogP contribution in [0.4, 0.5) is 0 Å². The molecule has 1 atom stereocenters. The second kappa shape index (κ2) is 9.97. The number of nitrogens with zero attached hydrogens (tertiary/aromatic N) is 2. The van der Waals surface area contributed by atoms with Crippen molar-refractivity contribution in [2.24, 2.45) is 0 Å². The van der Waals surface area contributed by atoms with Gasteiger partial charge < -0.3 is 14.8 Å². The van der Waals surface area contributed by atoms with Crippen molar-refractivity contribution < 1.29 is 14.3 Å². The first kappa shape index (κ1) is 23.3. The van der Waals surface area contributed by atoms with E-state index in [1.165, 1.54) is 4.57 Å². The van der Waals surface area contributed by atoms with Crippen LogP contribution in [-0.2, 0) is 11.3 Å². The molecule has 1 amide bonds. The maximum Gasteiger partial charge on any atom is 0.349 e. The number of carbonyl (C=O) groups excluding carboxylic acids is 1. The number of methoxy groups -OCH3 is 2. The van der Waals surface area contributed by atoms with Gasteiger partial charge in [-0.1, -0.05) is 48.0 Å². The quantitative estimate of drug-likeness (QED) is 0.420. The number of rotatable bonds is 7. The molecule has 7 nitrogen and oxygen atoms in total. The second-order valence-corrected chi connectivity index (χ2v) is 8.20. The van der Waals surface area contributed by atoms with E-state index in [1.54, 1.807) is 38.5 Å². The smallest absolute Gasteiger partial charge is 0.349 e. The molecule has 1 N–H and O–H groups in total.